The molecule has 0 aliphatic rings. The summed E-state index contributed by atoms with van der Waals surface area (Å²) in [5.41, 5.74) is 0.675. The van der Waals surface area contributed by atoms with Crippen molar-refractivity contribution in [2.24, 2.45) is 0 Å². The number of rotatable bonds is 0. The van der Waals surface area contributed by atoms with Crippen molar-refractivity contribution in [1.29, 1.82) is 0 Å². The maximum Gasteiger partial charge on any atom is 0.282 e. The summed E-state index contributed by atoms with van der Waals surface area (Å²) in [6, 6.07) is 7.15. The molecule has 4 aromatic rings. The Balaban J connectivity index is 2.48. The van der Waals surface area contributed by atoms with E-state index in [0.29, 0.717) is 21.8 Å². The molecule has 8 heteroatoms. The molecule has 0 spiro atoms. The number of nitrogens with zero attached hydrogens (tertiary/aromatic N) is 2. The van der Waals surface area contributed by atoms with Gasteiger partial charge in [-0.25, -0.2) is 4.52 Å². The Morgan fingerprint density at radius 3 is 1.45 bits per heavy atom. The number of aromatic nitrogens is 2. The molecule has 0 atom stereocenters. The molecule has 0 amide bonds. The van der Waals surface area contributed by atoms with E-state index in [9.17, 15) is 9.59 Å². The molecule has 22 heavy (non-hydrogen) atoms. The van der Waals surface area contributed by atoms with Gasteiger partial charge >= 0.3 is 0 Å². The fourth-order valence-corrected chi connectivity index (χ4v) is 5.49. The predicted octanol–water partition coefficient (Wildman–Crippen LogP) is 4.55. The summed E-state index contributed by atoms with van der Waals surface area (Å²) >= 11 is 13.7. The lowest BCUT2D eigenvalue weighted by Gasteiger charge is -2.01. The van der Waals surface area contributed by atoms with Crippen LogP contribution in [0.1, 0.15) is 0 Å². The SMILES string of the molecule is O=c1c2cc(Br)cc(Br)c2n2c3c(Br)cc(Br)cc3c(=O)n12. The van der Waals surface area contributed by atoms with Crippen molar-refractivity contribution in [3.05, 3.63) is 62.9 Å². The van der Waals surface area contributed by atoms with E-state index in [4.69, 9.17) is 0 Å². The van der Waals surface area contributed by atoms with Gasteiger partial charge in [-0.15, -0.1) is 0 Å². The van der Waals surface area contributed by atoms with Gasteiger partial charge in [0.1, 0.15) is 0 Å². The monoisotopic (exact) mass is 548 g/mol. The van der Waals surface area contributed by atoms with Crippen LogP contribution in [0.25, 0.3) is 21.8 Å². The molecule has 110 valence electrons. The van der Waals surface area contributed by atoms with Gasteiger partial charge in [0.25, 0.3) is 11.1 Å². The molecule has 0 aliphatic carbocycles. The van der Waals surface area contributed by atoms with E-state index in [0.717, 1.165) is 17.9 Å². The van der Waals surface area contributed by atoms with Crippen LogP contribution in [0.4, 0.5) is 0 Å². The average Bonchev–Trinajstić information content (AvgIpc) is 2.86. The van der Waals surface area contributed by atoms with E-state index in [-0.39, 0.29) is 11.1 Å². The average molecular weight is 552 g/mol. The number of fused-ring (bicyclic) bond motifs is 5. The van der Waals surface area contributed by atoms with E-state index in [1.165, 1.54) is 4.52 Å². The summed E-state index contributed by atoms with van der Waals surface area (Å²) in [5, 5.41) is 0.963. The minimum atomic E-state index is -0.332. The third kappa shape index (κ3) is 1.84. The Hall–Kier alpha value is -0.700. The molecular weight excluding hydrogens is 548 g/mol. The molecule has 4 nitrogen and oxygen atoms in total. The van der Waals surface area contributed by atoms with E-state index in [2.05, 4.69) is 63.7 Å². The summed E-state index contributed by atoms with van der Waals surface area (Å²) in [6.07, 6.45) is 0. The molecule has 2 heterocycles. The maximum atomic E-state index is 12.7. The van der Waals surface area contributed by atoms with Gasteiger partial charge in [-0.2, -0.15) is 4.52 Å². The standard InChI is InChI=1S/C14H4Br4N2O2/c15-5-1-7-11(9(17)3-5)19-12-8(2-6(16)4-10(12)18)14(22)20(19)13(7)21/h1-4H. The van der Waals surface area contributed by atoms with Gasteiger partial charge in [-0.05, 0) is 56.1 Å². The Bertz CT molecular complexity index is 1120. The fourth-order valence-electron chi connectivity index (χ4n) is 2.70. The van der Waals surface area contributed by atoms with Gasteiger partial charge in [0.15, 0.2) is 0 Å². The third-order valence-corrected chi connectivity index (χ3v) is 5.65. The molecule has 0 fully saturated rings. The van der Waals surface area contributed by atoms with Gasteiger partial charge in [0.05, 0.1) is 21.8 Å². The summed E-state index contributed by atoms with van der Waals surface area (Å²) in [7, 11) is 0. The molecular formula is C14H4Br4N2O2. The summed E-state index contributed by atoms with van der Waals surface area (Å²) < 4.78 is 5.85. The highest BCUT2D eigenvalue weighted by Gasteiger charge is 2.21. The van der Waals surface area contributed by atoms with Gasteiger partial charge in [0.2, 0.25) is 0 Å². The van der Waals surface area contributed by atoms with Gasteiger partial charge in [-0.1, -0.05) is 31.9 Å². The molecule has 0 radical (unpaired) electrons. The van der Waals surface area contributed by atoms with Crippen molar-refractivity contribution in [1.82, 2.24) is 9.03 Å². The molecule has 0 saturated carbocycles. The van der Waals surface area contributed by atoms with Crippen LogP contribution in [0.5, 0.6) is 0 Å². The molecule has 0 N–H and O–H groups in total. The summed E-state index contributed by atoms with van der Waals surface area (Å²) in [5.74, 6) is 0. The number of hydrogen-bond donors (Lipinski definition) is 0. The minimum Gasteiger partial charge on any atom is -0.267 e. The molecule has 0 bridgehead atoms. The third-order valence-electron chi connectivity index (χ3n) is 3.53. The van der Waals surface area contributed by atoms with E-state index in [1.54, 1.807) is 16.6 Å². The van der Waals surface area contributed by atoms with Crippen molar-refractivity contribution in [2.45, 2.75) is 0 Å². The molecule has 0 saturated heterocycles. The van der Waals surface area contributed by atoms with Crippen molar-refractivity contribution in [3.63, 3.8) is 0 Å². The van der Waals surface area contributed by atoms with Gasteiger partial charge < -0.3 is 0 Å². The second-order valence-electron chi connectivity index (χ2n) is 4.80. The Labute approximate surface area is 156 Å². The fraction of sp³-hybridized carbons (Fsp3) is 0. The smallest absolute Gasteiger partial charge is 0.267 e. The van der Waals surface area contributed by atoms with E-state index >= 15 is 0 Å². The molecule has 4 rings (SSSR count). The normalized spacial score (nSPS) is 12.0. The number of hydrogen-bond acceptors (Lipinski definition) is 2. The van der Waals surface area contributed by atoms with Gasteiger partial charge in [-0.3, -0.25) is 9.59 Å². The topological polar surface area (TPSA) is 43.0 Å². The lowest BCUT2D eigenvalue weighted by Crippen LogP contribution is -2.21. The zero-order valence-corrected chi connectivity index (χ0v) is 16.9. The van der Waals surface area contributed by atoms with Crippen molar-refractivity contribution < 1.29 is 0 Å². The van der Waals surface area contributed by atoms with Gasteiger partial charge in [0, 0.05) is 17.9 Å². The first-order valence-corrected chi connectivity index (χ1v) is 9.24. The quantitative estimate of drug-likeness (QED) is 0.322. The zero-order valence-electron chi connectivity index (χ0n) is 10.5. The van der Waals surface area contributed by atoms with Crippen LogP contribution in [-0.2, 0) is 0 Å². The first-order valence-electron chi connectivity index (χ1n) is 6.07. The van der Waals surface area contributed by atoms with Crippen LogP contribution in [-0.4, -0.2) is 9.03 Å². The Kier molecular flexibility index (Phi) is 3.31. The summed E-state index contributed by atoms with van der Waals surface area (Å²) in [4.78, 5) is 25.3. The van der Waals surface area contributed by atoms with Crippen molar-refractivity contribution >= 4 is 85.5 Å². The minimum absolute atomic E-state index is 0.332. The largest absolute Gasteiger partial charge is 0.282 e. The number of halogens is 4. The van der Waals surface area contributed by atoms with E-state index < -0.39 is 0 Å². The highest BCUT2D eigenvalue weighted by atomic mass is 79.9. The number of benzene rings is 2. The zero-order chi connectivity index (χ0) is 15.8. The predicted molar refractivity (Wildman–Crippen MR) is 100 cm³/mol. The van der Waals surface area contributed by atoms with Crippen LogP contribution in [0.2, 0.25) is 0 Å². The van der Waals surface area contributed by atoms with E-state index in [1.807, 2.05) is 12.1 Å². The molecule has 0 unspecified atom stereocenters. The van der Waals surface area contributed by atoms with Crippen molar-refractivity contribution in [2.75, 3.05) is 0 Å². The van der Waals surface area contributed by atoms with Crippen LogP contribution in [0, 0.1) is 0 Å². The highest BCUT2D eigenvalue weighted by Crippen LogP contribution is 2.32. The summed E-state index contributed by atoms with van der Waals surface area (Å²) in [6.45, 7) is 0. The second kappa shape index (κ2) is 4.90. The molecule has 2 aromatic carbocycles. The van der Waals surface area contributed by atoms with Crippen molar-refractivity contribution in [3.8, 4) is 0 Å². The first kappa shape index (κ1) is 14.9. The van der Waals surface area contributed by atoms with Crippen LogP contribution in [0.3, 0.4) is 0 Å². The van der Waals surface area contributed by atoms with Crippen LogP contribution in [0.15, 0.2) is 51.7 Å². The lowest BCUT2D eigenvalue weighted by atomic mass is 10.2. The molecule has 0 aliphatic heterocycles. The van der Waals surface area contributed by atoms with Crippen LogP contribution < -0.4 is 11.1 Å². The Morgan fingerprint density at radius 2 is 1.05 bits per heavy atom. The Morgan fingerprint density at radius 1 is 0.636 bits per heavy atom. The first-order chi connectivity index (χ1) is 10.4. The highest BCUT2D eigenvalue weighted by molar-refractivity contribution is 9.11. The lowest BCUT2D eigenvalue weighted by molar-refractivity contribution is 0.839. The maximum absolute atomic E-state index is 12.7. The molecule has 2 aromatic heterocycles. The second-order valence-corrected chi connectivity index (χ2v) is 8.34. The van der Waals surface area contributed by atoms with Crippen LogP contribution >= 0.6 is 63.7 Å².